The predicted molar refractivity (Wildman–Crippen MR) is 46.7 cm³/mol. The lowest BCUT2D eigenvalue weighted by Gasteiger charge is -2.24. The second kappa shape index (κ2) is 3.43. The van der Waals surface area contributed by atoms with Crippen LogP contribution in [0.4, 0.5) is 13.2 Å². The van der Waals surface area contributed by atoms with Crippen LogP contribution >= 0.6 is 0 Å². The lowest BCUT2D eigenvalue weighted by molar-refractivity contribution is -0.161. The molecule has 0 radical (unpaired) electrons. The monoisotopic (exact) mass is 207 g/mol. The summed E-state index contributed by atoms with van der Waals surface area (Å²) in [4.78, 5) is 0. The van der Waals surface area contributed by atoms with E-state index < -0.39 is 12.1 Å². The van der Waals surface area contributed by atoms with Crippen molar-refractivity contribution in [2.75, 3.05) is 7.05 Å². The fourth-order valence-electron chi connectivity index (χ4n) is 1.40. The van der Waals surface area contributed by atoms with E-state index >= 15 is 0 Å². The topological polar surface area (TPSA) is 64.1 Å². The fourth-order valence-corrected chi connectivity index (χ4v) is 1.40. The molecule has 0 aliphatic heterocycles. The van der Waals surface area contributed by atoms with Gasteiger partial charge in [-0.3, -0.25) is 0 Å². The lowest BCUT2D eigenvalue weighted by atomic mass is 9.94. The molecular weight excluding hydrogens is 195 g/mol. The van der Waals surface area contributed by atoms with Gasteiger partial charge in [0.25, 0.3) is 0 Å². The Balaban J connectivity index is 2.94. The second-order valence-electron chi connectivity index (χ2n) is 3.12. The summed E-state index contributed by atoms with van der Waals surface area (Å²) in [5.74, 6) is -1.57. The molecule has 1 unspecified atom stereocenters. The van der Waals surface area contributed by atoms with Crippen LogP contribution in [0.2, 0.25) is 0 Å². The Kier molecular flexibility index (Phi) is 2.64. The molecule has 0 aromatic rings. The Morgan fingerprint density at radius 1 is 1.43 bits per heavy atom. The van der Waals surface area contributed by atoms with E-state index in [9.17, 15) is 13.2 Å². The van der Waals surface area contributed by atoms with Crippen LogP contribution in [-0.4, -0.2) is 13.2 Å². The van der Waals surface area contributed by atoms with E-state index in [4.69, 9.17) is 11.5 Å². The molecule has 1 rings (SSSR count). The highest BCUT2D eigenvalue weighted by atomic mass is 19.4. The van der Waals surface area contributed by atoms with Crippen molar-refractivity contribution >= 4 is 0 Å². The Labute approximate surface area is 79.6 Å². The first kappa shape index (κ1) is 10.7. The minimum Gasteiger partial charge on any atom is -0.400 e. The molecule has 80 valence electrons. The maximum Gasteiger partial charge on any atom is 0.395 e. The van der Waals surface area contributed by atoms with E-state index in [0.717, 1.165) is 6.08 Å². The van der Waals surface area contributed by atoms with Crippen LogP contribution in [-0.2, 0) is 0 Å². The van der Waals surface area contributed by atoms with Crippen LogP contribution in [0.3, 0.4) is 0 Å². The molecule has 1 aliphatic rings. The van der Waals surface area contributed by atoms with Crippen LogP contribution in [0.25, 0.3) is 0 Å². The van der Waals surface area contributed by atoms with Gasteiger partial charge >= 0.3 is 6.18 Å². The van der Waals surface area contributed by atoms with Gasteiger partial charge in [-0.25, -0.2) is 0 Å². The highest BCUT2D eigenvalue weighted by molar-refractivity contribution is 5.35. The van der Waals surface area contributed by atoms with Crippen LogP contribution < -0.4 is 16.8 Å². The third-order valence-corrected chi connectivity index (χ3v) is 2.10. The Morgan fingerprint density at radius 2 is 2.00 bits per heavy atom. The summed E-state index contributed by atoms with van der Waals surface area (Å²) in [7, 11) is 1.57. The Bertz CT molecular complexity index is 291. The van der Waals surface area contributed by atoms with Gasteiger partial charge in [0.1, 0.15) is 0 Å². The average molecular weight is 207 g/mol. The first-order valence-corrected chi connectivity index (χ1v) is 4.07. The number of hydrogen-bond donors (Lipinski definition) is 3. The summed E-state index contributed by atoms with van der Waals surface area (Å²) in [6.45, 7) is 0. The highest BCUT2D eigenvalue weighted by Gasteiger charge is 2.40. The third kappa shape index (κ3) is 1.94. The van der Waals surface area contributed by atoms with E-state index in [1.54, 1.807) is 7.05 Å². The molecule has 3 nitrogen and oxygen atoms in total. The van der Waals surface area contributed by atoms with Gasteiger partial charge in [-0.1, -0.05) is 0 Å². The molecule has 6 heteroatoms. The van der Waals surface area contributed by atoms with Crippen molar-refractivity contribution in [3.8, 4) is 0 Å². The van der Waals surface area contributed by atoms with Gasteiger partial charge < -0.3 is 16.8 Å². The molecule has 14 heavy (non-hydrogen) atoms. The van der Waals surface area contributed by atoms with E-state index in [-0.39, 0.29) is 17.8 Å². The molecule has 0 amide bonds. The molecule has 5 N–H and O–H groups in total. The van der Waals surface area contributed by atoms with Crippen molar-refractivity contribution in [1.29, 1.82) is 0 Å². The van der Waals surface area contributed by atoms with E-state index in [1.165, 1.54) is 0 Å². The zero-order chi connectivity index (χ0) is 10.9. The normalized spacial score (nSPS) is 23.4. The Hall–Kier alpha value is -1.33. The van der Waals surface area contributed by atoms with Gasteiger partial charge in [-0.15, -0.1) is 0 Å². The number of rotatable bonds is 1. The lowest BCUT2D eigenvalue weighted by Crippen LogP contribution is -2.31. The molecule has 0 aromatic heterocycles. The number of hydrogen-bond acceptors (Lipinski definition) is 3. The fraction of sp³-hybridized carbons (Fsp3) is 0.500. The first-order valence-electron chi connectivity index (χ1n) is 4.07. The number of likely N-dealkylation sites (N-methyl/N-ethyl adjacent to an activating group) is 1. The largest absolute Gasteiger partial charge is 0.400 e. The number of nitrogens with one attached hydrogen (secondary N) is 1. The van der Waals surface area contributed by atoms with E-state index in [1.807, 2.05) is 0 Å². The van der Waals surface area contributed by atoms with Crippen LogP contribution in [0.1, 0.15) is 6.42 Å². The molecule has 1 aliphatic carbocycles. The molecule has 0 bridgehead atoms. The summed E-state index contributed by atoms with van der Waals surface area (Å²) in [5, 5.41) is 2.67. The van der Waals surface area contributed by atoms with Gasteiger partial charge in [0.05, 0.1) is 17.3 Å². The first-order chi connectivity index (χ1) is 6.36. The van der Waals surface area contributed by atoms with Crippen molar-refractivity contribution in [3.63, 3.8) is 0 Å². The third-order valence-electron chi connectivity index (χ3n) is 2.10. The van der Waals surface area contributed by atoms with Crippen LogP contribution in [0, 0.1) is 5.92 Å². The van der Waals surface area contributed by atoms with E-state index in [2.05, 4.69) is 5.32 Å². The van der Waals surface area contributed by atoms with Crippen LogP contribution in [0.15, 0.2) is 23.2 Å². The smallest absolute Gasteiger partial charge is 0.395 e. The SMILES string of the molecule is CNC1=C(N)CC(C(F)(F)F)C=C1N. The number of halogens is 3. The minimum atomic E-state index is -4.28. The molecular formula is C8H12F3N3. The standard InChI is InChI=1S/C8H12F3N3/c1-14-7-5(12)2-4(3-6(7)13)8(9,10)11/h2,4,14H,3,12-13H2,1H3. The summed E-state index contributed by atoms with van der Waals surface area (Å²) in [6, 6.07) is 0. The molecule has 1 atom stereocenters. The molecule has 0 fully saturated rings. The van der Waals surface area contributed by atoms with E-state index in [0.29, 0.717) is 5.70 Å². The van der Waals surface area contributed by atoms with Crippen molar-refractivity contribution in [1.82, 2.24) is 5.32 Å². The van der Waals surface area contributed by atoms with Gasteiger partial charge in [-0.05, 0) is 6.08 Å². The zero-order valence-electron chi connectivity index (χ0n) is 7.65. The quantitative estimate of drug-likeness (QED) is 0.596. The summed E-state index contributed by atoms with van der Waals surface area (Å²) in [6.07, 6.45) is -3.53. The van der Waals surface area contributed by atoms with Crippen molar-refractivity contribution in [2.45, 2.75) is 12.6 Å². The molecule has 0 heterocycles. The van der Waals surface area contributed by atoms with Gasteiger partial charge in [-0.2, -0.15) is 13.2 Å². The summed E-state index contributed by atoms with van der Waals surface area (Å²) >= 11 is 0. The molecule has 0 spiro atoms. The number of alkyl halides is 3. The van der Waals surface area contributed by atoms with Gasteiger partial charge in [0.15, 0.2) is 0 Å². The maximum absolute atomic E-state index is 12.3. The van der Waals surface area contributed by atoms with Crippen molar-refractivity contribution in [2.24, 2.45) is 17.4 Å². The number of nitrogens with two attached hydrogens (primary N) is 2. The maximum atomic E-state index is 12.3. The van der Waals surface area contributed by atoms with Gasteiger partial charge in [0.2, 0.25) is 0 Å². The summed E-state index contributed by atoms with van der Waals surface area (Å²) in [5.41, 5.74) is 11.5. The molecule has 0 aromatic carbocycles. The molecule has 0 saturated heterocycles. The average Bonchev–Trinajstić information content (AvgIpc) is 2.01. The van der Waals surface area contributed by atoms with Gasteiger partial charge in [0, 0.05) is 19.2 Å². The zero-order valence-corrected chi connectivity index (χ0v) is 7.65. The predicted octanol–water partition coefficient (Wildman–Crippen LogP) is 0.801. The minimum absolute atomic E-state index is 0.0542. The summed E-state index contributed by atoms with van der Waals surface area (Å²) < 4.78 is 37.0. The van der Waals surface area contributed by atoms with Crippen LogP contribution in [0.5, 0.6) is 0 Å². The highest BCUT2D eigenvalue weighted by Crippen LogP contribution is 2.35. The number of allylic oxidation sites excluding steroid dienone is 2. The van der Waals surface area contributed by atoms with Crippen molar-refractivity contribution < 1.29 is 13.2 Å². The Morgan fingerprint density at radius 3 is 2.36 bits per heavy atom. The molecule has 0 saturated carbocycles. The second-order valence-corrected chi connectivity index (χ2v) is 3.12. The van der Waals surface area contributed by atoms with Crippen molar-refractivity contribution in [3.05, 3.63) is 23.2 Å².